The van der Waals surface area contributed by atoms with Crippen LogP contribution in [-0.2, 0) is 11.2 Å². The van der Waals surface area contributed by atoms with E-state index in [-0.39, 0.29) is 5.91 Å². The fraction of sp³-hybridized carbons (Fsp3) is 0.300. The molecule has 5 nitrogen and oxygen atoms in total. The SMILES string of the molecule is CN(CNN)c1ccc2c(c1)CC(=O)N2. The Morgan fingerprint density at radius 3 is 3.13 bits per heavy atom. The minimum absolute atomic E-state index is 0.0572. The van der Waals surface area contributed by atoms with Gasteiger partial charge in [-0.05, 0) is 23.8 Å². The van der Waals surface area contributed by atoms with Crippen molar-refractivity contribution < 1.29 is 4.79 Å². The molecule has 1 heterocycles. The van der Waals surface area contributed by atoms with Gasteiger partial charge in [-0.3, -0.25) is 10.6 Å². The first-order chi connectivity index (χ1) is 7.20. The Morgan fingerprint density at radius 2 is 2.40 bits per heavy atom. The second kappa shape index (κ2) is 3.88. The van der Waals surface area contributed by atoms with Crippen molar-refractivity contribution in [1.29, 1.82) is 0 Å². The number of hydrogen-bond donors (Lipinski definition) is 3. The molecule has 1 aliphatic rings. The second-order valence-electron chi connectivity index (χ2n) is 3.63. The third-order valence-corrected chi connectivity index (χ3v) is 2.48. The molecule has 1 amide bonds. The lowest BCUT2D eigenvalue weighted by Gasteiger charge is -2.19. The van der Waals surface area contributed by atoms with Crippen LogP contribution in [0.1, 0.15) is 5.56 Å². The van der Waals surface area contributed by atoms with E-state index in [0.29, 0.717) is 13.1 Å². The summed E-state index contributed by atoms with van der Waals surface area (Å²) in [5.41, 5.74) is 5.59. The molecule has 0 spiro atoms. The molecule has 15 heavy (non-hydrogen) atoms. The summed E-state index contributed by atoms with van der Waals surface area (Å²) in [6.45, 7) is 0.570. The van der Waals surface area contributed by atoms with Crippen molar-refractivity contribution in [3.05, 3.63) is 23.8 Å². The highest BCUT2D eigenvalue weighted by Gasteiger charge is 2.17. The van der Waals surface area contributed by atoms with Crippen LogP contribution < -0.4 is 21.5 Å². The predicted octanol–water partition coefficient (Wildman–Crippen LogP) is 0.0382. The van der Waals surface area contributed by atoms with Crippen molar-refractivity contribution in [3.8, 4) is 0 Å². The number of anilines is 2. The van der Waals surface area contributed by atoms with Crippen molar-refractivity contribution in [2.75, 3.05) is 23.9 Å². The van der Waals surface area contributed by atoms with E-state index in [1.54, 1.807) is 0 Å². The van der Waals surface area contributed by atoms with Gasteiger partial charge in [-0.2, -0.15) is 0 Å². The number of hydrazine groups is 1. The van der Waals surface area contributed by atoms with E-state index >= 15 is 0 Å². The monoisotopic (exact) mass is 206 g/mol. The minimum atomic E-state index is 0.0572. The molecule has 0 saturated carbocycles. The van der Waals surface area contributed by atoms with Crippen molar-refractivity contribution in [3.63, 3.8) is 0 Å². The number of rotatable bonds is 3. The van der Waals surface area contributed by atoms with E-state index < -0.39 is 0 Å². The van der Waals surface area contributed by atoms with Gasteiger partial charge in [0.15, 0.2) is 0 Å². The van der Waals surface area contributed by atoms with Gasteiger partial charge in [-0.15, -0.1) is 0 Å². The van der Waals surface area contributed by atoms with Crippen molar-refractivity contribution in [2.24, 2.45) is 5.84 Å². The van der Waals surface area contributed by atoms with Crippen LogP contribution in [0.25, 0.3) is 0 Å². The molecule has 4 N–H and O–H groups in total. The number of hydrogen-bond acceptors (Lipinski definition) is 4. The van der Waals surface area contributed by atoms with Gasteiger partial charge >= 0.3 is 0 Å². The van der Waals surface area contributed by atoms with Crippen LogP contribution in [-0.4, -0.2) is 19.6 Å². The maximum absolute atomic E-state index is 11.1. The number of amides is 1. The minimum Gasteiger partial charge on any atom is -0.361 e. The Bertz CT molecular complexity index is 391. The maximum Gasteiger partial charge on any atom is 0.228 e. The Kier molecular flexibility index (Phi) is 2.57. The third-order valence-electron chi connectivity index (χ3n) is 2.48. The summed E-state index contributed by atoms with van der Waals surface area (Å²) in [6, 6.07) is 5.88. The highest BCUT2D eigenvalue weighted by atomic mass is 16.1. The molecule has 0 saturated heterocycles. The van der Waals surface area contributed by atoms with Gasteiger partial charge < -0.3 is 10.2 Å². The molecule has 80 valence electrons. The number of benzene rings is 1. The molecule has 0 fully saturated rings. The zero-order valence-corrected chi connectivity index (χ0v) is 8.58. The summed E-state index contributed by atoms with van der Waals surface area (Å²) in [6.07, 6.45) is 0.465. The highest BCUT2D eigenvalue weighted by Crippen LogP contribution is 2.27. The van der Waals surface area contributed by atoms with Crippen LogP contribution in [0.2, 0.25) is 0 Å². The first-order valence-electron chi connectivity index (χ1n) is 4.78. The van der Waals surface area contributed by atoms with Gasteiger partial charge in [-0.25, -0.2) is 5.43 Å². The topological polar surface area (TPSA) is 70.4 Å². The summed E-state index contributed by atoms with van der Waals surface area (Å²) in [5, 5.41) is 2.80. The summed E-state index contributed by atoms with van der Waals surface area (Å²) in [4.78, 5) is 13.1. The molecule has 0 unspecified atom stereocenters. The Balaban J connectivity index is 2.23. The maximum atomic E-state index is 11.1. The molecule has 1 aromatic rings. The van der Waals surface area contributed by atoms with E-state index in [0.717, 1.165) is 16.9 Å². The average molecular weight is 206 g/mol. The fourth-order valence-corrected chi connectivity index (χ4v) is 1.68. The molecule has 0 aliphatic carbocycles. The molecular formula is C10H14N4O. The summed E-state index contributed by atoms with van der Waals surface area (Å²) >= 11 is 0. The first-order valence-corrected chi connectivity index (χ1v) is 4.78. The number of carbonyl (C=O) groups is 1. The van der Waals surface area contributed by atoms with Crippen LogP contribution in [0.3, 0.4) is 0 Å². The Hall–Kier alpha value is -1.59. The molecule has 1 aliphatic heterocycles. The lowest BCUT2D eigenvalue weighted by atomic mass is 10.1. The molecule has 0 atom stereocenters. The lowest BCUT2D eigenvalue weighted by Crippen LogP contribution is -2.35. The number of nitrogens with two attached hydrogens (primary N) is 1. The zero-order chi connectivity index (χ0) is 10.8. The van der Waals surface area contributed by atoms with Crippen LogP contribution in [0, 0.1) is 0 Å². The van der Waals surface area contributed by atoms with Gasteiger partial charge in [0.05, 0.1) is 13.1 Å². The number of fused-ring (bicyclic) bond motifs is 1. The van der Waals surface area contributed by atoms with E-state index in [2.05, 4.69) is 10.7 Å². The van der Waals surface area contributed by atoms with Gasteiger partial charge in [0, 0.05) is 18.4 Å². The molecule has 5 heteroatoms. The van der Waals surface area contributed by atoms with Crippen molar-refractivity contribution >= 4 is 17.3 Å². The van der Waals surface area contributed by atoms with Crippen molar-refractivity contribution in [1.82, 2.24) is 5.43 Å². The van der Waals surface area contributed by atoms with Gasteiger partial charge in [-0.1, -0.05) is 0 Å². The normalized spacial score (nSPS) is 13.6. The number of carbonyl (C=O) groups excluding carboxylic acids is 1. The summed E-state index contributed by atoms with van der Waals surface area (Å²) in [5.74, 6) is 5.30. The fourth-order valence-electron chi connectivity index (χ4n) is 1.68. The summed E-state index contributed by atoms with van der Waals surface area (Å²) < 4.78 is 0. The number of nitrogens with one attached hydrogen (secondary N) is 2. The molecule has 0 radical (unpaired) electrons. The van der Waals surface area contributed by atoms with Crippen LogP contribution in [0.15, 0.2) is 18.2 Å². The first kappa shape index (κ1) is 9.95. The largest absolute Gasteiger partial charge is 0.361 e. The molecule has 1 aromatic carbocycles. The molecule has 0 bridgehead atoms. The number of nitrogens with zero attached hydrogens (tertiary/aromatic N) is 1. The zero-order valence-electron chi connectivity index (χ0n) is 8.58. The second-order valence-corrected chi connectivity index (χ2v) is 3.63. The van der Waals surface area contributed by atoms with Gasteiger partial charge in [0.25, 0.3) is 0 Å². The van der Waals surface area contributed by atoms with Crippen LogP contribution >= 0.6 is 0 Å². The van der Waals surface area contributed by atoms with Gasteiger partial charge in [0.1, 0.15) is 0 Å². The Morgan fingerprint density at radius 1 is 1.60 bits per heavy atom. The van der Waals surface area contributed by atoms with Gasteiger partial charge in [0.2, 0.25) is 5.91 Å². The van der Waals surface area contributed by atoms with E-state index in [1.807, 2.05) is 30.1 Å². The molecule has 2 rings (SSSR count). The van der Waals surface area contributed by atoms with Crippen LogP contribution in [0.5, 0.6) is 0 Å². The molecule has 0 aromatic heterocycles. The van der Waals surface area contributed by atoms with E-state index in [4.69, 9.17) is 5.84 Å². The summed E-state index contributed by atoms with van der Waals surface area (Å²) in [7, 11) is 1.94. The Labute approximate surface area is 88.2 Å². The third kappa shape index (κ3) is 1.93. The average Bonchev–Trinajstić information content (AvgIpc) is 2.57. The lowest BCUT2D eigenvalue weighted by molar-refractivity contribution is -0.115. The van der Waals surface area contributed by atoms with E-state index in [1.165, 1.54) is 0 Å². The quantitative estimate of drug-likeness (QED) is 0.371. The van der Waals surface area contributed by atoms with Crippen molar-refractivity contribution in [2.45, 2.75) is 6.42 Å². The van der Waals surface area contributed by atoms with Crippen LogP contribution in [0.4, 0.5) is 11.4 Å². The standard InChI is InChI=1S/C10H14N4O/c1-14(6-12-11)8-2-3-9-7(4-8)5-10(15)13-9/h2-4,12H,5-6,11H2,1H3,(H,13,15). The predicted molar refractivity (Wildman–Crippen MR) is 59.4 cm³/mol. The highest BCUT2D eigenvalue weighted by molar-refractivity contribution is 5.99. The molecular weight excluding hydrogens is 192 g/mol. The van der Waals surface area contributed by atoms with E-state index in [9.17, 15) is 4.79 Å². The smallest absolute Gasteiger partial charge is 0.228 e.